The van der Waals surface area contributed by atoms with Gasteiger partial charge in [-0.2, -0.15) is 0 Å². The summed E-state index contributed by atoms with van der Waals surface area (Å²) in [5.41, 5.74) is -5.20. The first-order valence-corrected chi connectivity index (χ1v) is 53.1. The van der Waals surface area contributed by atoms with E-state index in [4.69, 9.17) is 71.1 Å². The van der Waals surface area contributed by atoms with Crippen molar-refractivity contribution in [3.8, 4) is 11.5 Å². The summed E-state index contributed by atoms with van der Waals surface area (Å²) in [6, 6.07) is 19.0. The molecule has 0 aliphatic carbocycles. The van der Waals surface area contributed by atoms with Crippen LogP contribution in [0.15, 0.2) is 60.7 Å². The molecule has 4 aromatic carbocycles. The Morgan fingerprint density at radius 3 is 0.992 bits per heavy atom. The van der Waals surface area contributed by atoms with E-state index in [1.807, 2.05) is 48.5 Å². The number of hydrogen-bond donors (Lipinski definition) is 0. The SMILES string of the molecule is CC(C)(CC(C)(C)C(=O)OCC1CO1)C(=O)OCCCC(=O)Oc1c(I)cc(I)cc1I.CC(C)(CC(C)(C)C(=O)OCC1CO1)C(=O)OCCCC(=O)Oc1ccc(I)cc1.CC(C)(CC(C)(C)C(=O)OCC1CO1)C(=O)OCCOC(=O)Cc1cc(I)cc(I)c1I.CC(C)(CC(C)(C)C(=O)OCC1CO1)C(=O)OCC[I-]C(=O)c1cc(I)cc(I)c1I. The number of rotatable bonds is 44. The number of benzene rings is 4. The van der Waals surface area contributed by atoms with Crippen molar-refractivity contribution in [1.29, 1.82) is 0 Å². The number of carbonyl (C=O) groups excluding carboxylic acids is 12. The Balaban J connectivity index is 0.000000296. The second-order valence-corrected chi connectivity index (χ2v) is 49.6. The number of hydrogen-bond acceptors (Lipinski definition) is 27. The van der Waals surface area contributed by atoms with Crippen molar-refractivity contribution in [3.63, 3.8) is 0 Å². The van der Waals surface area contributed by atoms with Gasteiger partial charge in [0.25, 0.3) is 0 Å². The van der Waals surface area contributed by atoms with E-state index in [1.165, 1.54) is 0 Å². The Morgan fingerprint density at radius 2 is 0.632 bits per heavy atom. The molecule has 4 unspecified atom stereocenters. The summed E-state index contributed by atoms with van der Waals surface area (Å²) in [5.74, 6) is -3.19. The van der Waals surface area contributed by atoms with E-state index in [-0.39, 0.29) is 174 Å². The number of carbonyl (C=O) groups is 12. The van der Waals surface area contributed by atoms with Crippen LogP contribution < -0.4 is 30.7 Å². The Bertz CT molecular complexity index is 4410. The van der Waals surface area contributed by atoms with Crippen LogP contribution in [0.2, 0.25) is 0 Å². The average molecular weight is 2980 g/mol. The first kappa shape index (κ1) is 114. The first-order valence-electron chi connectivity index (χ1n) is 39.7. The fourth-order valence-corrected chi connectivity index (χ4v) is 23.7. The number of ether oxygens (including phenoxy) is 15. The van der Waals surface area contributed by atoms with Crippen molar-refractivity contribution in [2.75, 3.05) is 90.3 Å². The molecular weight excluding hydrogens is 2870 g/mol. The normalized spacial score (nSPS) is 15.9. The van der Waals surface area contributed by atoms with Crippen LogP contribution in [0.5, 0.6) is 11.5 Å². The van der Waals surface area contributed by atoms with Crippen LogP contribution in [0.1, 0.15) is 178 Å². The van der Waals surface area contributed by atoms with E-state index in [9.17, 15) is 57.5 Å². The number of epoxide rings is 4. The van der Waals surface area contributed by atoms with Crippen molar-refractivity contribution < 1.29 is 150 Å². The summed E-state index contributed by atoms with van der Waals surface area (Å²) in [5, 5.41) is 0. The maximum absolute atomic E-state index is 12.6. The molecule has 38 heteroatoms. The quantitative estimate of drug-likeness (QED) is 0.00457. The zero-order valence-electron chi connectivity index (χ0n) is 72.5. The molecule has 0 radical (unpaired) electrons. The van der Waals surface area contributed by atoms with Crippen LogP contribution >= 0.6 is 226 Å². The van der Waals surface area contributed by atoms with Crippen molar-refractivity contribution in [2.24, 2.45) is 43.3 Å². The third kappa shape index (κ3) is 42.6. The van der Waals surface area contributed by atoms with Gasteiger partial charge in [0.1, 0.15) is 57.1 Å². The summed E-state index contributed by atoms with van der Waals surface area (Å²) in [7, 11) is 0. The fraction of sp³-hybridized carbons (Fsp3) is 0.586. The first-order chi connectivity index (χ1) is 58.0. The molecule has 0 aromatic heterocycles. The van der Waals surface area contributed by atoms with Gasteiger partial charge in [0, 0.05) is 30.7 Å². The molecule has 4 aromatic rings. The van der Waals surface area contributed by atoms with Gasteiger partial charge in [-0.25, -0.2) is 0 Å². The Labute approximate surface area is 878 Å². The minimum atomic E-state index is -0.907. The van der Waals surface area contributed by atoms with Crippen LogP contribution in [-0.4, -0.2) is 184 Å². The van der Waals surface area contributed by atoms with Crippen molar-refractivity contribution in [1.82, 2.24) is 0 Å². The molecule has 696 valence electrons. The van der Waals surface area contributed by atoms with E-state index in [0.29, 0.717) is 61.6 Å². The van der Waals surface area contributed by atoms with Crippen LogP contribution in [-0.2, 0) is 121 Å². The van der Waals surface area contributed by atoms with Crippen molar-refractivity contribution in [2.45, 2.75) is 193 Å². The minimum absolute atomic E-state index is 0.0000592. The molecule has 0 amide bonds. The molecule has 0 bridgehead atoms. The number of halogens is 11. The summed E-state index contributed by atoms with van der Waals surface area (Å²) in [6.07, 6.45) is 2.25. The molecule has 4 atom stereocenters. The van der Waals surface area contributed by atoms with Crippen LogP contribution in [0, 0.1) is 79.0 Å². The second-order valence-electron chi connectivity index (χ2n) is 34.9. The third-order valence-corrected chi connectivity index (χ3v) is 31.3. The van der Waals surface area contributed by atoms with E-state index in [1.54, 1.807) is 123 Å². The van der Waals surface area contributed by atoms with Crippen LogP contribution in [0.4, 0.5) is 0 Å². The molecule has 4 heterocycles. The predicted molar refractivity (Wildman–Crippen MR) is 542 cm³/mol. The molecule has 4 aliphatic rings. The summed E-state index contributed by atoms with van der Waals surface area (Å²) in [6.45, 7) is 31.7. The zero-order valence-corrected chi connectivity index (χ0v) is 96.3. The molecular formula is C87H108I11O27-. The maximum atomic E-state index is 12.6. The second kappa shape index (κ2) is 52.6. The van der Waals surface area contributed by atoms with Gasteiger partial charge in [-0.1, -0.05) is 0 Å². The fourth-order valence-electron chi connectivity index (χ4n) is 12.4. The Morgan fingerprint density at radius 1 is 0.336 bits per heavy atom. The molecule has 0 N–H and O–H groups in total. The van der Waals surface area contributed by atoms with Gasteiger partial charge in [0.15, 0.2) is 5.75 Å². The molecule has 4 saturated heterocycles. The van der Waals surface area contributed by atoms with Crippen LogP contribution in [0.25, 0.3) is 0 Å². The number of alkyl halides is 1. The molecule has 0 spiro atoms. The van der Waals surface area contributed by atoms with Gasteiger partial charge in [0.2, 0.25) is 0 Å². The van der Waals surface area contributed by atoms with Gasteiger partial charge >= 0.3 is 291 Å². The van der Waals surface area contributed by atoms with E-state index in [2.05, 4.69) is 226 Å². The molecule has 4 aliphatic heterocycles. The Kier molecular flexibility index (Phi) is 48.0. The molecule has 8 rings (SSSR count). The molecule has 125 heavy (non-hydrogen) atoms. The third-order valence-electron chi connectivity index (χ3n) is 18.6. The van der Waals surface area contributed by atoms with Gasteiger partial charge in [-0.3, -0.25) is 43.2 Å². The summed E-state index contributed by atoms with van der Waals surface area (Å²) >= 11 is 21.2. The molecule has 4 fully saturated rings. The van der Waals surface area contributed by atoms with E-state index < -0.39 is 82.4 Å². The molecule has 27 nitrogen and oxygen atoms in total. The molecule has 0 saturated carbocycles. The number of esters is 11. The Hall–Kier alpha value is -1.41. The standard InChI is InChI=1S/2C22H27I3O7.C22H29IO7.C21H25I4O6/c1-21(2,12-22(3,4)20(28)32-11-15-10-31-15)19(27)30-6-5-29-17(26)8-13-7-14(23)9-16(24)18(13)25;1-21(2,12-22(3,4)20(28)31-11-14-10-30-14)19(27)29-7-5-6-17(26)32-18-15(24)8-13(23)9-16(18)25;1-21(2,14-22(3,4)20(26)29-13-17-12-28-17)19(25)27-11-5-6-18(24)30-16-9-7-15(23)8-10-16;1-20(2,11-21(3,4)19(28)31-10-13-9-30-13)18(27)29-6-5-25-17(26)14-7-12(22)8-15(23)16(14)24/h7,9,15H,5-6,8,10-12H2,1-4H3;8-9,14H,5-7,10-12H2,1-4H3;7-10,17H,5-6,11-14H2,1-4H3;7-8,13H,5-6,9-11H2,1-4H3/q;;;-1. The van der Waals surface area contributed by atoms with Gasteiger partial charge in [-0.05, 0) is 327 Å². The topological polar surface area (TPSA) is 356 Å². The monoisotopic (exact) mass is 2980 g/mol. The van der Waals surface area contributed by atoms with Crippen molar-refractivity contribution >= 4 is 295 Å². The van der Waals surface area contributed by atoms with E-state index >= 15 is 0 Å². The summed E-state index contributed by atoms with van der Waals surface area (Å²) in [4.78, 5) is 149. The van der Waals surface area contributed by atoms with Crippen LogP contribution in [0.3, 0.4) is 0 Å². The van der Waals surface area contributed by atoms with Gasteiger partial charge in [-0.15, -0.1) is 0 Å². The van der Waals surface area contributed by atoms with Gasteiger partial charge in [0.05, 0.1) is 79.1 Å². The summed E-state index contributed by atoms with van der Waals surface area (Å²) < 4.78 is 89.6. The zero-order chi connectivity index (χ0) is 94.0. The van der Waals surface area contributed by atoms with Gasteiger partial charge < -0.3 is 56.8 Å². The average Bonchev–Trinajstić information content (AvgIpc) is 1.83. The van der Waals surface area contributed by atoms with E-state index in [0.717, 1.165) is 46.8 Å². The van der Waals surface area contributed by atoms with Crippen molar-refractivity contribution in [3.05, 3.63) is 107 Å². The predicted octanol–water partition coefficient (Wildman–Crippen LogP) is 15.2.